The van der Waals surface area contributed by atoms with E-state index in [2.05, 4.69) is 34.6 Å². The summed E-state index contributed by atoms with van der Waals surface area (Å²) in [6, 6.07) is 10.7. The van der Waals surface area contributed by atoms with E-state index in [-0.39, 0.29) is 6.17 Å². The lowest BCUT2D eigenvalue weighted by atomic mass is 10.0. The van der Waals surface area contributed by atoms with E-state index in [0.717, 1.165) is 40.2 Å². The van der Waals surface area contributed by atoms with E-state index in [1.54, 1.807) is 11.1 Å². The molecule has 1 unspecified atom stereocenters. The highest BCUT2D eigenvalue weighted by atomic mass is 15.4. The van der Waals surface area contributed by atoms with Crippen LogP contribution in [0.1, 0.15) is 43.1 Å². The summed E-state index contributed by atoms with van der Waals surface area (Å²) in [5, 5.41) is 0. The van der Waals surface area contributed by atoms with Gasteiger partial charge < -0.3 is 9.80 Å². The molecular formula is C22H24N4. The minimum absolute atomic E-state index is 0.308. The number of aryl methyl sites for hydroxylation is 1. The van der Waals surface area contributed by atoms with E-state index < -0.39 is 12.9 Å². The zero-order valence-corrected chi connectivity index (χ0v) is 15.2. The minimum Gasteiger partial charge on any atom is -0.353 e. The number of hydrogen-bond donors (Lipinski definition) is 0. The van der Waals surface area contributed by atoms with E-state index in [1.165, 1.54) is 12.5 Å². The van der Waals surface area contributed by atoms with Crippen molar-refractivity contribution in [1.29, 1.82) is 0 Å². The summed E-state index contributed by atoms with van der Waals surface area (Å²) in [6.45, 7) is 3.04. The molecule has 0 fully saturated rings. The topological polar surface area (TPSA) is 24.3 Å². The van der Waals surface area contributed by atoms with Gasteiger partial charge in [-0.25, -0.2) is 4.98 Å². The Kier molecular flexibility index (Phi) is 2.43. The van der Waals surface area contributed by atoms with Gasteiger partial charge in [0.05, 0.1) is 23.8 Å². The van der Waals surface area contributed by atoms with Crippen LogP contribution in [0.5, 0.6) is 0 Å². The van der Waals surface area contributed by atoms with Crippen LogP contribution < -0.4 is 4.90 Å². The van der Waals surface area contributed by atoms with Gasteiger partial charge in [0.1, 0.15) is 12.0 Å². The van der Waals surface area contributed by atoms with Crippen molar-refractivity contribution in [2.24, 2.45) is 0 Å². The number of anilines is 1. The fourth-order valence-corrected chi connectivity index (χ4v) is 4.23. The molecule has 0 bridgehead atoms. The molecule has 3 heterocycles. The average molecular weight is 348 g/mol. The average Bonchev–Trinajstić information content (AvgIpc) is 3.32. The van der Waals surface area contributed by atoms with Gasteiger partial charge in [0, 0.05) is 29.0 Å². The Morgan fingerprint density at radius 2 is 2.04 bits per heavy atom. The largest absolute Gasteiger partial charge is 0.353 e. The zero-order chi connectivity index (χ0) is 21.4. The van der Waals surface area contributed by atoms with E-state index in [1.807, 2.05) is 31.3 Å². The Labute approximate surface area is 160 Å². The number of aromatic nitrogens is 2. The van der Waals surface area contributed by atoms with Gasteiger partial charge in [0.25, 0.3) is 0 Å². The molecule has 2 aromatic carbocycles. The Morgan fingerprint density at radius 3 is 2.88 bits per heavy atom. The maximum Gasteiger partial charge on any atom is 0.119 e. The van der Waals surface area contributed by atoms with Crippen LogP contribution >= 0.6 is 0 Å². The number of rotatable bonds is 2. The molecule has 2 aliphatic heterocycles. The molecule has 5 rings (SSSR count). The Morgan fingerprint density at radius 1 is 1.19 bits per heavy atom. The van der Waals surface area contributed by atoms with Gasteiger partial charge in [0.15, 0.2) is 0 Å². The van der Waals surface area contributed by atoms with Crippen molar-refractivity contribution in [2.45, 2.75) is 46.2 Å². The monoisotopic (exact) mass is 348 g/mol. The lowest BCUT2D eigenvalue weighted by molar-refractivity contribution is 0.263. The quantitative estimate of drug-likeness (QED) is 0.530. The summed E-state index contributed by atoms with van der Waals surface area (Å²) in [5.74, 6) is 1.01. The van der Waals surface area contributed by atoms with Crippen LogP contribution in [-0.4, -0.2) is 26.6 Å². The fraction of sp³-hybridized carbons (Fsp3) is 0.318. The highest BCUT2D eigenvalue weighted by molar-refractivity contribution is 5.85. The predicted octanol–water partition coefficient (Wildman–Crippen LogP) is 4.59. The first-order valence-electron chi connectivity index (χ1n) is 11.0. The second-order valence-electron chi connectivity index (χ2n) is 7.10. The van der Waals surface area contributed by atoms with Crippen LogP contribution in [0.25, 0.3) is 16.7 Å². The predicted molar refractivity (Wildman–Crippen MR) is 107 cm³/mol. The molecule has 0 spiro atoms. The molecule has 26 heavy (non-hydrogen) atoms. The van der Waals surface area contributed by atoms with Crippen LogP contribution in [0.2, 0.25) is 0 Å². The first-order valence-corrected chi connectivity index (χ1v) is 8.95. The summed E-state index contributed by atoms with van der Waals surface area (Å²) < 4.78 is 34.2. The molecular weight excluding hydrogens is 320 g/mol. The second kappa shape index (κ2) is 5.37. The molecule has 0 amide bonds. The van der Waals surface area contributed by atoms with E-state index in [9.17, 15) is 0 Å². The maximum atomic E-state index is 8.54. The first-order chi connectivity index (χ1) is 14.1. The maximum absolute atomic E-state index is 8.54. The highest BCUT2D eigenvalue weighted by Crippen LogP contribution is 2.42. The number of fused-ring (bicyclic) bond motifs is 5. The summed E-state index contributed by atoms with van der Waals surface area (Å²) in [4.78, 5) is 8.51. The molecule has 2 aliphatic rings. The third kappa shape index (κ3) is 1.99. The van der Waals surface area contributed by atoms with Crippen molar-refractivity contribution in [2.75, 3.05) is 4.90 Å². The van der Waals surface area contributed by atoms with Gasteiger partial charge in [-0.2, -0.15) is 0 Å². The molecule has 2 atom stereocenters. The molecule has 0 saturated heterocycles. The third-order valence-electron chi connectivity index (χ3n) is 5.48. The molecule has 4 heteroatoms. The molecule has 3 aromatic rings. The number of imidazole rings is 1. The number of benzene rings is 2. The van der Waals surface area contributed by atoms with Crippen LogP contribution in [0.4, 0.5) is 5.69 Å². The zero-order valence-electron chi connectivity index (χ0n) is 19.2. The third-order valence-corrected chi connectivity index (χ3v) is 5.48. The Hall–Kier alpha value is -2.75. The summed E-state index contributed by atoms with van der Waals surface area (Å²) in [7, 11) is 0. The fourth-order valence-electron chi connectivity index (χ4n) is 4.23. The standard InChI is InChI=1S/C22H24N4/c1-14(2)24-11-12-25(16(24)4)21-15(3)9-10-17-13-20-23-18-7-5-6-8-19(18)26(20)22(17)21/h5-12,14,16H,13H2,1-4H3/t16-/m0/s1/i1D3,14D/t14?,16-. The van der Waals surface area contributed by atoms with Crippen molar-refractivity contribution in [1.82, 2.24) is 14.5 Å². The van der Waals surface area contributed by atoms with Gasteiger partial charge in [0.2, 0.25) is 0 Å². The van der Waals surface area contributed by atoms with E-state index in [0.29, 0.717) is 0 Å². The molecule has 1 aromatic heterocycles. The van der Waals surface area contributed by atoms with Crippen molar-refractivity contribution in [3.63, 3.8) is 0 Å². The number of para-hydroxylation sites is 2. The SMILES string of the molecule is [2H]C([2H])([2H])C([2H])(C)N1C=CN(c2c(C)ccc3c2-n2c(nc4ccccc42)C3)[C@H]1C. The van der Waals surface area contributed by atoms with Crippen LogP contribution in [0.3, 0.4) is 0 Å². The summed E-state index contributed by atoms with van der Waals surface area (Å²) in [6.07, 6.45) is 4.07. The van der Waals surface area contributed by atoms with Crippen molar-refractivity contribution < 1.29 is 5.48 Å². The van der Waals surface area contributed by atoms with Gasteiger partial charge in [-0.1, -0.05) is 24.3 Å². The molecule has 0 radical (unpaired) electrons. The number of hydrogen-bond acceptors (Lipinski definition) is 3. The smallest absolute Gasteiger partial charge is 0.119 e. The van der Waals surface area contributed by atoms with Crippen LogP contribution in [-0.2, 0) is 6.42 Å². The van der Waals surface area contributed by atoms with Gasteiger partial charge in [-0.05, 0) is 50.9 Å². The van der Waals surface area contributed by atoms with Crippen LogP contribution in [0.15, 0.2) is 48.8 Å². The molecule has 4 nitrogen and oxygen atoms in total. The van der Waals surface area contributed by atoms with Gasteiger partial charge >= 0.3 is 0 Å². The highest BCUT2D eigenvalue weighted by Gasteiger charge is 2.32. The van der Waals surface area contributed by atoms with Crippen molar-refractivity contribution in [3.8, 4) is 5.69 Å². The van der Waals surface area contributed by atoms with E-state index in [4.69, 9.17) is 10.5 Å². The molecule has 0 aliphatic carbocycles. The van der Waals surface area contributed by atoms with Crippen LogP contribution in [0, 0.1) is 6.92 Å². The molecule has 0 N–H and O–H groups in total. The lowest BCUT2D eigenvalue weighted by Crippen LogP contribution is -2.40. The normalized spacial score (nSPS) is 23.3. The number of nitrogens with zero attached hydrogens (tertiary/aromatic N) is 4. The Bertz CT molecular complexity index is 1190. The minimum atomic E-state index is -2.43. The lowest BCUT2D eigenvalue weighted by Gasteiger charge is -2.34. The molecule has 0 saturated carbocycles. The van der Waals surface area contributed by atoms with E-state index >= 15 is 0 Å². The first kappa shape index (κ1) is 11.8. The Balaban J connectivity index is 1.65. The molecule has 132 valence electrons. The summed E-state index contributed by atoms with van der Waals surface area (Å²) in [5.41, 5.74) is 6.46. The summed E-state index contributed by atoms with van der Waals surface area (Å²) >= 11 is 0. The van der Waals surface area contributed by atoms with Crippen molar-refractivity contribution >= 4 is 16.7 Å². The van der Waals surface area contributed by atoms with Gasteiger partial charge in [-0.3, -0.25) is 4.57 Å². The van der Waals surface area contributed by atoms with Crippen molar-refractivity contribution in [3.05, 3.63) is 65.7 Å². The second-order valence-corrected chi connectivity index (χ2v) is 7.10. The van der Waals surface area contributed by atoms with Gasteiger partial charge in [-0.15, -0.1) is 0 Å².